The van der Waals surface area contributed by atoms with Crippen molar-refractivity contribution in [1.29, 1.82) is 0 Å². The van der Waals surface area contributed by atoms with Crippen LogP contribution < -0.4 is 5.32 Å². The highest BCUT2D eigenvalue weighted by molar-refractivity contribution is 7.13. The van der Waals surface area contributed by atoms with Gasteiger partial charge in [-0.25, -0.2) is 4.98 Å². The van der Waals surface area contributed by atoms with Crippen LogP contribution in [0.1, 0.15) is 22.5 Å². The molecule has 2 aromatic rings. The third-order valence-corrected chi connectivity index (χ3v) is 5.28. The number of nitrogens with one attached hydrogen (secondary N) is 1. The molecule has 4 rings (SSSR count). The Hall–Kier alpha value is -2.42. The third-order valence-electron chi connectivity index (χ3n) is 4.39. The van der Waals surface area contributed by atoms with Gasteiger partial charge in [0.05, 0.1) is 5.56 Å². The normalized spacial score (nSPS) is 22.4. The Morgan fingerprint density at radius 2 is 2.00 bits per heavy atom. The zero-order valence-electron chi connectivity index (χ0n) is 12.7. The van der Waals surface area contributed by atoms with Crippen molar-refractivity contribution < 1.29 is 22.8 Å². The average molecular weight is 367 g/mol. The lowest BCUT2D eigenvalue weighted by Crippen LogP contribution is -2.50. The summed E-state index contributed by atoms with van der Waals surface area (Å²) in [6.45, 7) is 0.461. The maximum absolute atomic E-state index is 12.6. The second-order valence-electron chi connectivity index (χ2n) is 6.03. The number of rotatable bonds is 2. The first kappa shape index (κ1) is 16.1. The van der Waals surface area contributed by atoms with E-state index in [1.165, 1.54) is 28.4 Å². The zero-order chi connectivity index (χ0) is 17.8. The summed E-state index contributed by atoms with van der Waals surface area (Å²) in [6, 6.07) is 4.19. The van der Waals surface area contributed by atoms with Crippen molar-refractivity contribution in [3.63, 3.8) is 0 Å². The number of halogens is 3. The molecule has 3 heterocycles. The Labute approximate surface area is 144 Å². The lowest BCUT2D eigenvalue weighted by Gasteiger charge is -2.25. The first-order chi connectivity index (χ1) is 11.8. The number of piperazine rings is 1. The molecule has 0 saturated carbocycles. The summed E-state index contributed by atoms with van der Waals surface area (Å²) in [5.74, 6) is -0.473. The van der Waals surface area contributed by atoms with E-state index in [9.17, 15) is 22.8 Å². The van der Waals surface area contributed by atoms with Gasteiger partial charge in [0.2, 0.25) is 5.91 Å². The summed E-state index contributed by atoms with van der Waals surface area (Å²) in [5, 5.41) is 4.83. The Morgan fingerprint density at radius 3 is 2.60 bits per heavy atom. The number of fused-ring (bicyclic) bond motifs is 2. The van der Waals surface area contributed by atoms with E-state index in [1.807, 2.05) is 0 Å². The van der Waals surface area contributed by atoms with E-state index >= 15 is 0 Å². The smallest absolute Gasteiger partial charge is 0.350 e. The average Bonchev–Trinajstić information content (AvgIpc) is 3.28. The molecule has 2 fully saturated rings. The molecule has 5 nitrogen and oxygen atoms in total. The standard InChI is InChI=1S/C16H12F3N3O2S/c17-16(18,19)9-3-1-8(2-4-9)14-21-11(7-25-14)15(24)22-6-10-5-12(22)13(23)20-10/h1-4,7,10,12H,5-6H2,(H,20,23)/t10-,12-/m0/s1. The van der Waals surface area contributed by atoms with Crippen LogP contribution in [0.25, 0.3) is 10.6 Å². The molecule has 130 valence electrons. The fourth-order valence-corrected chi connectivity index (χ4v) is 3.96. The number of aromatic nitrogens is 1. The van der Waals surface area contributed by atoms with E-state index in [4.69, 9.17) is 0 Å². The van der Waals surface area contributed by atoms with E-state index < -0.39 is 17.8 Å². The van der Waals surface area contributed by atoms with Gasteiger partial charge in [0.15, 0.2) is 0 Å². The number of benzene rings is 1. The van der Waals surface area contributed by atoms with E-state index in [2.05, 4.69) is 10.3 Å². The lowest BCUT2D eigenvalue weighted by atomic mass is 10.1. The maximum Gasteiger partial charge on any atom is 0.416 e. The number of carbonyl (C=O) groups is 2. The first-order valence-corrected chi connectivity index (χ1v) is 8.45. The van der Waals surface area contributed by atoms with E-state index in [-0.39, 0.29) is 23.6 Å². The summed E-state index contributed by atoms with van der Waals surface area (Å²) in [6.07, 6.45) is -3.78. The van der Waals surface area contributed by atoms with Crippen LogP contribution in [0.2, 0.25) is 0 Å². The lowest BCUT2D eigenvalue weighted by molar-refractivity contribution is -0.137. The molecule has 1 N–H and O–H groups in total. The number of likely N-dealkylation sites (tertiary alicyclic amines) is 1. The van der Waals surface area contributed by atoms with E-state index in [1.54, 1.807) is 5.38 Å². The number of nitrogens with zero attached hydrogens (tertiary/aromatic N) is 2. The molecule has 2 aliphatic rings. The molecule has 2 aliphatic heterocycles. The van der Waals surface area contributed by atoms with Crippen LogP contribution in [0.4, 0.5) is 13.2 Å². The van der Waals surface area contributed by atoms with Crippen LogP contribution in [0, 0.1) is 0 Å². The van der Waals surface area contributed by atoms with Gasteiger partial charge in [-0.15, -0.1) is 11.3 Å². The van der Waals surface area contributed by atoms with Crippen molar-refractivity contribution in [2.24, 2.45) is 0 Å². The number of hydrogen-bond acceptors (Lipinski definition) is 4. The molecule has 0 unspecified atom stereocenters. The van der Waals surface area contributed by atoms with Crippen molar-refractivity contribution in [2.75, 3.05) is 6.54 Å². The quantitative estimate of drug-likeness (QED) is 0.887. The molecule has 9 heteroatoms. The van der Waals surface area contributed by atoms with Crippen LogP contribution in [-0.2, 0) is 11.0 Å². The number of thiazole rings is 1. The second kappa shape index (κ2) is 5.55. The number of amides is 2. The van der Waals surface area contributed by atoms with Crippen molar-refractivity contribution in [3.05, 3.63) is 40.9 Å². The summed E-state index contributed by atoms with van der Waals surface area (Å²) < 4.78 is 37.8. The van der Waals surface area contributed by atoms with Gasteiger partial charge in [-0.05, 0) is 18.6 Å². The molecule has 2 atom stereocenters. The van der Waals surface area contributed by atoms with Gasteiger partial charge in [-0.3, -0.25) is 9.59 Å². The number of carbonyl (C=O) groups excluding carboxylic acids is 2. The highest BCUT2D eigenvalue weighted by Gasteiger charge is 2.46. The van der Waals surface area contributed by atoms with E-state index in [0.29, 0.717) is 23.5 Å². The predicted octanol–water partition coefficient (Wildman–Crippen LogP) is 2.54. The highest BCUT2D eigenvalue weighted by atomic mass is 32.1. The van der Waals surface area contributed by atoms with Crippen LogP contribution in [0.15, 0.2) is 29.6 Å². The van der Waals surface area contributed by atoms with Crippen LogP contribution >= 0.6 is 11.3 Å². The van der Waals surface area contributed by atoms with Crippen LogP contribution in [-0.4, -0.2) is 40.3 Å². The summed E-state index contributed by atoms with van der Waals surface area (Å²) in [4.78, 5) is 30.0. The summed E-state index contributed by atoms with van der Waals surface area (Å²) in [5.41, 5.74) is -0.0128. The van der Waals surface area contributed by atoms with Crippen molar-refractivity contribution in [2.45, 2.75) is 24.7 Å². The molecule has 2 amide bonds. The topological polar surface area (TPSA) is 62.3 Å². The molecular weight excluding hydrogens is 355 g/mol. The number of alkyl halides is 3. The summed E-state index contributed by atoms with van der Waals surface area (Å²) in [7, 11) is 0. The Balaban J connectivity index is 1.54. The molecule has 2 saturated heterocycles. The molecular formula is C16H12F3N3O2S. The van der Waals surface area contributed by atoms with E-state index in [0.717, 1.165) is 12.1 Å². The van der Waals surface area contributed by atoms with Crippen molar-refractivity contribution in [1.82, 2.24) is 15.2 Å². The first-order valence-electron chi connectivity index (χ1n) is 7.57. The summed E-state index contributed by atoms with van der Waals surface area (Å²) >= 11 is 1.18. The largest absolute Gasteiger partial charge is 0.416 e. The van der Waals surface area contributed by atoms with Gasteiger partial charge < -0.3 is 10.2 Å². The third kappa shape index (κ3) is 2.78. The minimum Gasteiger partial charge on any atom is -0.350 e. The van der Waals surface area contributed by atoms with Crippen molar-refractivity contribution >= 4 is 23.2 Å². The molecule has 0 spiro atoms. The van der Waals surface area contributed by atoms with Gasteiger partial charge in [-0.1, -0.05) is 12.1 Å². The molecule has 1 aromatic carbocycles. The SMILES string of the molecule is O=C1N[C@H]2C[C@@H]1N(C(=O)c1csc(-c3ccc(C(F)(F)F)cc3)n1)C2. The fraction of sp³-hybridized carbons (Fsp3) is 0.312. The molecule has 0 radical (unpaired) electrons. The second-order valence-corrected chi connectivity index (χ2v) is 6.89. The van der Waals surface area contributed by atoms with Gasteiger partial charge in [0.1, 0.15) is 16.7 Å². The number of hydrogen-bond donors (Lipinski definition) is 1. The minimum atomic E-state index is -4.39. The van der Waals surface area contributed by atoms with Gasteiger partial charge in [0.25, 0.3) is 5.91 Å². The Bertz CT molecular complexity index is 847. The maximum atomic E-state index is 12.6. The van der Waals surface area contributed by atoms with Crippen LogP contribution in [0.5, 0.6) is 0 Å². The fourth-order valence-electron chi connectivity index (χ4n) is 3.16. The van der Waals surface area contributed by atoms with Crippen LogP contribution in [0.3, 0.4) is 0 Å². The predicted molar refractivity (Wildman–Crippen MR) is 83.9 cm³/mol. The zero-order valence-corrected chi connectivity index (χ0v) is 13.5. The Morgan fingerprint density at radius 1 is 1.28 bits per heavy atom. The molecule has 2 bridgehead atoms. The molecule has 0 aliphatic carbocycles. The van der Waals surface area contributed by atoms with Crippen molar-refractivity contribution in [3.8, 4) is 10.6 Å². The van der Waals surface area contributed by atoms with Gasteiger partial charge in [0, 0.05) is 23.5 Å². The minimum absolute atomic E-state index is 0.00512. The van der Waals surface area contributed by atoms with Gasteiger partial charge >= 0.3 is 6.18 Å². The highest BCUT2D eigenvalue weighted by Crippen LogP contribution is 2.32. The van der Waals surface area contributed by atoms with Gasteiger partial charge in [-0.2, -0.15) is 13.2 Å². The monoisotopic (exact) mass is 367 g/mol. The Kier molecular flexibility index (Phi) is 3.57. The molecule has 25 heavy (non-hydrogen) atoms. The molecule has 1 aromatic heterocycles.